The van der Waals surface area contributed by atoms with Crippen molar-refractivity contribution in [2.45, 2.75) is 18.9 Å². The molecule has 6 heteroatoms. The van der Waals surface area contributed by atoms with Crippen molar-refractivity contribution in [3.8, 4) is 5.75 Å². The first-order valence-electron chi connectivity index (χ1n) is 7.51. The smallest absolute Gasteiger partial charge is 0.265 e. The molecule has 0 bridgehead atoms. The molecule has 0 radical (unpaired) electrons. The maximum atomic E-state index is 12.6. The maximum absolute atomic E-state index is 12.6. The number of amides is 2. The van der Waals surface area contributed by atoms with Crippen molar-refractivity contribution in [3.63, 3.8) is 0 Å². The molecule has 118 valence electrons. The minimum absolute atomic E-state index is 0.0220. The van der Waals surface area contributed by atoms with E-state index in [1.807, 2.05) is 23.1 Å². The SMILES string of the molecule is COC[C@H]1CCCN1C(=O)CN1C(=O)COc2ccccc21. The predicted octanol–water partition coefficient (Wildman–Crippen LogP) is 1.05. The molecule has 1 aromatic rings. The van der Waals surface area contributed by atoms with Crippen molar-refractivity contribution in [2.75, 3.05) is 38.3 Å². The van der Waals surface area contributed by atoms with Crippen LogP contribution in [0.3, 0.4) is 0 Å². The van der Waals surface area contributed by atoms with Crippen molar-refractivity contribution in [2.24, 2.45) is 0 Å². The molecule has 0 aromatic heterocycles. The van der Waals surface area contributed by atoms with Crippen LogP contribution in [0.25, 0.3) is 0 Å². The topological polar surface area (TPSA) is 59.1 Å². The molecule has 0 spiro atoms. The fourth-order valence-electron chi connectivity index (χ4n) is 3.08. The highest BCUT2D eigenvalue weighted by Gasteiger charge is 2.33. The normalized spacial score (nSPS) is 20.8. The molecule has 6 nitrogen and oxygen atoms in total. The Labute approximate surface area is 129 Å². The van der Waals surface area contributed by atoms with Gasteiger partial charge in [0.25, 0.3) is 5.91 Å². The van der Waals surface area contributed by atoms with Gasteiger partial charge in [0.15, 0.2) is 6.61 Å². The number of para-hydroxylation sites is 2. The molecule has 0 aliphatic carbocycles. The van der Waals surface area contributed by atoms with Gasteiger partial charge in [0.2, 0.25) is 5.91 Å². The molecule has 0 unspecified atom stereocenters. The number of fused-ring (bicyclic) bond motifs is 1. The summed E-state index contributed by atoms with van der Waals surface area (Å²) in [6, 6.07) is 7.41. The highest BCUT2D eigenvalue weighted by atomic mass is 16.5. The number of hydrogen-bond acceptors (Lipinski definition) is 4. The third-order valence-electron chi connectivity index (χ3n) is 4.16. The highest BCUT2D eigenvalue weighted by Crippen LogP contribution is 2.31. The molecule has 1 atom stereocenters. The first-order valence-corrected chi connectivity index (χ1v) is 7.51. The molecule has 0 saturated carbocycles. The minimum Gasteiger partial charge on any atom is -0.482 e. The number of nitrogens with zero attached hydrogens (tertiary/aromatic N) is 2. The van der Waals surface area contributed by atoms with Crippen molar-refractivity contribution in [3.05, 3.63) is 24.3 Å². The van der Waals surface area contributed by atoms with Gasteiger partial charge in [-0.25, -0.2) is 0 Å². The third-order valence-corrected chi connectivity index (χ3v) is 4.16. The van der Waals surface area contributed by atoms with Gasteiger partial charge < -0.3 is 14.4 Å². The van der Waals surface area contributed by atoms with Gasteiger partial charge in [-0.1, -0.05) is 12.1 Å². The zero-order chi connectivity index (χ0) is 15.5. The molecule has 2 aliphatic heterocycles. The average Bonchev–Trinajstić information content (AvgIpc) is 2.99. The Hall–Kier alpha value is -2.08. The van der Waals surface area contributed by atoms with Crippen LogP contribution < -0.4 is 9.64 Å². The molecule has 1 aromatic carbocycles. The average molecular weight is 304 g/mol. The number of methoxy groups -OCH3 is 1. The first-order chi connectivity index (χ1) is 10.7. The van der Waals surface area contributed by atoms with E-state index in [2.05, 4.69) is 0 Å². The van der Waals surface area contributed by atoms with Gasteiger partial charge in [-0.15, -0.1) is 0 Å². The van der Waals surface area contributed by atoms with Crippen LogP contribution in [0.2, 0.25) is 0 Å². The molecular formula is C16H20N2O4. The molecule has 2 amide bonds. The van der Waals surface area contributed by atoms with Crippen LogP contribution in [0, 0.1) is 0 Å². The lowest BCUT2D eigenvalue weighted by Gasteiger charge is -2.31. The zero-order valence-electron chi connectivity index (χ0n) is 12.7. The van der Waals surface area contributed by atoms with Gasteiger partial charge in [0.1, 0.15) is 12.3 Å². The van der Waals surface area contributed by atoms with Gasteiger partial charge in [0.05, 0.1) is 18.3 Å². The maximum Gasteiger partial charge on any atom is 0.265 e. The van der Waals surface area contributed by atoms with E-state index in [1.54, 1.807) is 13.2 Å². The van der Waals surface area contributed by atoms with Crippen molar-refractivity contribution in [1.29, 1.82) is 0 Å². The largest absolute Gasteiger partial charge is 0.482 e. The van der Waals surface area contributed by atoms with Crippen LogP contribution in [0.4, 0.5) is 5.69 Å². The number of ether oxygens (including phenoxy) is 2. The van der Waals surface area contributed by atoms with Crippen LogP contribution in [-0.2, 0) is 14.3 Å². The molecule has 22 heavy (non-hydrogen) atoms. The summed E-state index contributed by atoms with van der Waals surface area (Å²) in [5.74, 6) is 0.420. The monoisotopic (exact) mass is 304 g/mol. The Morgan fingerprint density at radius 1 is 1.41 bits per heavy atom. The van der Waals surface area contributed by atoms with E-state index in [9.17, 15) is 9.59 Å². The van der Waals surface area contributed by atoms with Crippen LogP contribution in [-0.4, -0.2) is 56.2 Å². The summed E-state index contributed by atoms with van der Waals surface area (Å²) < 4.78 is 10.6. The number of anilines is 1. The molecule has 2 heterocycles. The van der Waals surface area contributed by atoms with Crippen LogP contribution >= 0.6 is 0 Å². The first kappa shape index (κ1) is 14.8. The summed E-state index contributed by atoms with van der Waals surface area (Å²) in [4.78, 5) is 28.1. The Kier molecular flexibility index (Phi) is 4.29. The Morgan fingerprint density at radius 2 is 2.23 bits per heavy atom. The number of hydrogen-bond donors (Lipinski definition) is 0. The Morgan fingerprint density at radius 3 is 3.05 bits per heavy atom. The molecular weight excluding hydrogens is 284 g/mol. The number of benzene rings is 1. The number of carbonyl (C=O) groups is 2. The van der Waals surface area contributed by atoms with E-state index in [0.717, 1.165) is 19.4 Å². The summed E-state index contributed by atoms with van der Waals surface area (Å²) in [5, 5.41) is 0. The minimum atomic E-state index is -0.186. The van der Waals surface area contributed by atoms with Gasteiger partial charge in [-0.05, 0) is 25.0 Å². The van der Waals surface area contributed by atoms with Gasteiger partial charge >= 0.3 is 0 Å². The Balaban J connectivity index is 1.75. The van der Waals surface area contributed by atoms with Crippen LogP contribution in [0.1, 0.15) is 12.8 Å². The summed E-state index contributed by atoms with van der Waals surface area (Å²) in [7, 11) is 1.64. The van der Waals surface area contributed by atoms with Crippen molar-refractivity contribution in [1.82, 2.24) is 4.90 Å². The molecule has 3 rings (SSSR count). The quantitative estimate of drug-likeness (QED) is 0.834. The van der Waals surface area contributed by atoms with Gasteiger partial charge in [0, 0.05) is 13.7 Å². The second kappa shape index (κ2) is 6.36. The summed E-state index contributed by atoms with van der Waals surface area (Å²) in [5.41, 5.74) is 0.662. The van der Waals surface area contributed by atoms with Gasteiger partial charge in [-0.2, -0.15) is 0 Å². The molecule has 0 N–H and O–H groups in total. The number of likely N-dealkylation sites (tertiary alicyclic amines) is 1. The summed E-state index contributed by atoms with van der Waals surface area (Å²) in [6.07, 6.45) is 1.93. The lowest BCUT2D eigenvalue weighted by atomic mass is 10.2. The third kappa shape index (κ3) is 2.78. The predicted molar refractivity (Wildman–Crippen MR) is 80.9 cm³/mol. The van der Waals surface area contributed by atoms with Crippen LogP contribution in [0.5, 0.6) is 5.75 Å². The standard InChI is InChI=1S/C16H20N2O4/c1-21-10-12-5-4-8-17(12)15(19)9-18-13-6-2-3-7-14(13)22-11-16(18)20/h2-3,6-7,12H,4-5,8-11H2,1H3/t12-/m1/s1. The number of rotatable bonds is 4. The molecule has 1 saturated heterocycles. The molecule has 1 fully saturated rings. The van der Waals surface area contributed by atoms with Gasteiger partial charge in [-0.3, -0.25) is 14.5 Å². The van der Waals surface area contributed by atoms with Crippen molar-refractivity contribution >= 4 is 17.5 Å². The second-order valence-corrected chi connectivity index (χ2v) is 5.57. The van der Waals surface area contributed by atoms with E-state index < -0.39 is 0 Å². The summed E-state index contributed by atoms with van der Waals surface area (Å²) >= 11 is 0. The fourth-order valence-corrected chi connectivity index (χ4v) is 3.08. The van der Waals surface area contributed by atoms with E-state index in [-0.39, 0.29) is 31.0 Å². The second-order valence-electron chi connectivity index (χ2n) is 5.57. The van der Waals surface area contributed by atoms with E-state index in [1.165, 1.54) is 4.90 Å². The lowest BCUT2D eigenvalue weighted by Crippen LogP contribution is -2.48. The van der Waals surface area contributed by atoms with E-state index >= 15 is 0 Å². The fraction of sp³-hybridized carbons (Fsp3) is 0.500. The number of carbonyl (C=O) groups excluding carboxylic acids is 2. The highest BCUT2D eigenvalue weighted by molar-refractivity contribution is 6.02. The summed E-state index contributed by atoms with van der Waals surface area (Å²) in [6.45, 7) is 1.30. The zero-order valence-corrected chi connectivity index (χ0v) is 12.7. The van der Waals surface area contributed by atoms with Crippen molar-refractivity contribution < 1.29 is 19.1 Å². The van der Waals surface area contributed by atoms with E-state index in [0.29, 0.717) is 18.0 Å². The van der Waals surface area contributed by atoms with E-state index in [4.69, 9.17) is 9.47 Å². The Bertz CT molecular complexity index is 575. The lowest BCUT2D eigenvalue weighted by molar-refractivity contribution is -0.133. The molecule has 2 aliphatic rings. The van der Waals surface area contributed by atoms with Crippen LogP contribution in [0.15, 0.2) is 24.3 Å².